The van der Waals surface area contributed by atoms with Crippen LogP contribution in [-0.4, -0.2) is 39.4 Å². The molecule has 0 aromatic heterocycles. The fourth-order valence-corrected chi connectivity index (χ4v) is 1.34. The molecule has 1 aromatic rings. The van der Waals surface area contributed by atoms with E-state index in [4.69, 9.17) is 9.47 Å². The van der Waals surface area contributed by atoms with Crippen molar-refractivity contribution < 1.29 is 28.5 Å². The van der Waals surface area contributed by atoms with Crippen LogP contribution in [0.5, 0.6) is 11.5 Å². The summed E-state index contributed by atoms with van der Waals surface area (Å²) >= 11 is 0. The van der Waals surface area contributed by atoms with E-state index in [1.807, 2.05) is 24.3 Å². The third-order valence-corrected chi connectivity index (χ3v) is 2.58. The van der Waals surface area contributed by atoms with Gasteiger partial charge in [-0.15, -0.1) is 0 Å². The molecule has 0 aliphatic carbocycles. The monoisotopic (exact) mass is 312 g/mol. The maximum Gasteiger partial charge on any atom is 0.320 e. The lowest BCUT2D eigenvalue weighted by atomic mass is 10.2. The number of carbonyl (C=O) groups excluding carboxylic acids is 2. The first-order valence-corrected chi connectivity index (χ1v) is 7.01. The Kier molecular flexibility index (Phi) is 10.3. The molecule has 0 spiro atoms. The summed E-state index contributed by atoms with van der Waals surface area (Å²) in [6.45, 7) is 5.41. The van der Waals surface area contributed by atoms with Crippen molar-refractivity contribution in [1.29, 1.82) is 0 Å². The van der Waals surface area contributed by atoms with E-state index in [0.29, 0.717) is 0 Å². The van der Waals surface area contributed by atoms with Gasteiger partial charge in [0.05, 0.1) is 27.4 Å². The number of methoxy groups -OCH3 is 2. The molecule has 0 atom stereocenters. The number of hydrogen-bond acceptors (Lipinski definition) is 6. The molecule has 0 saturated carbocycles. The van der Waals surface area contributed by atoms with Crippen LogP contribution < -0.4 is 9.47 Å². The Morgan fingerprint density at radius 3 is 1.41 bits per heavy atom. The Hall–Kier alpha value is -2.24. The molecular formula is C16H24O6. The van der Waals surface area contributed by atoms with Crippen LogP contribution in [0.2, 0.25) is 0 Å². The molecule has 0 N–H and O–H groups in total. The van der Waals surface area contributed by atoms with Gasteiger partial charge < -0.3 is 18.9 Å². The van der Waals surface area contributed by atoms with Gasteiger partial charge in [0, 0.05) is 0 Å². The summed E-state index contributed by atoms with van der Waals surface area (Å²) < 4.78 is 19.2. The lowest BCUT2D eigenvalue weighted by molar-refractivity contribution is -0.160. The largest absolute Gasteiger partial charge is 0.497 e. The van der Waals surface area contributed by atoms with Crippen LogP contribution in [0.15, 0.2) is 24.3 Å². The van der Waals surface area contributed by atoms with Crippen LogP contribution in [0.25, 0.3) is 0 Å². The molecule has 6 nitrogen and oxygen atoms in total. The van der Waals surface area contributed by atoms with Gasteiger partial charge in [0.1, 0.15) is 11.5 Å². The molecule has 0 aliphatic heterocycles. The number of ether oxygens (including phenoxy) is 4. The average Bonchev–Trinajstić information content (AvgIpc) is 2.55. The molecule has 0 fully saturated rings. The van der Waals surface area contributed by atoms with Gasteiger partial charge in [-0.2, -0.15) is 0 Å². The minimum absolute atomic E-state index is 0.280. The smallest absolute Gasteiger partial charge is 0.320 e. The molecule has 124 valence electrons. The van der Waals surface area contributed by atoms with Gasteiger partial charge in [0.25, 0.3) is 0 Å². The van der Waals surface area contributed by atoms with E-state index in [9.17, 15) is 9.59 Å². The molecule has 1 rings (SSSR count). The summed E-state index contributed by atoms with van der Waals surface area (Å²) in [6, 6.07) is 7.44. The van der Waals surface area contributed by atoms with Gasteiger partial charge in [0.15, 0.2) is 5.92 Å². The van der Waals surface area contributed by atoms with Crippen molar-refractivity contribution in [3.63, 3.8) is 0 Å². The topological polar surface area (TPSA) is 71.1 Å². The summed E-state index contributed by atoms with van der Waals surface area (Å²) in [5.74, 6) is -0.182. The zero-order valence-electron chi connectivity index (χ0n) is 13.8. The first kappa shape index (κ1) is 19.8. The van der Waals surface area contributed by atoms with E-state index in [2.05, 4.69) is 9.47 Å². The minimum Gasteiger partial charge on any atom is -0.497 e. The lowest BCUT2D eigenvalue weighted by Crippen LogP contribution is -2.25. The molecular weight excluding hydrogens is 288 g/mol. The number of rotatable bonds is 6. The number of carbonyl (C=O) groups is 2. The van der Waals surface area contributed by atoms with Crippen molar-refractivity contribution >= 4 is 11.9 Å². The second kappa shape index (κ2) is 11.4. The Morgan fingerprint density at radius 1 is 0.864 bits per heavy atom. The molecule has 0 saturated heterocycles. The van der Waals surface area contributed by atoms with E-state index in [1.54, 1.807) is 28.1 Å². The summed E-state index contributed by atoms with van der Waals surface area (Å²) in [6.07, 6.45) is 0. The highest BCUT2D eigenvalue weighted by Gasteiger charge is 2.23. The Balaban J connectivity index is 0.000000406. The van der Waals surface area contributed by atoms with E-state index >= 15 is 0 Å². The zero-order valence-corrected chi connectivity index (χ0v) is 13.8. The maximum atomic E-state index is 10.9. The van der Waals surface area contributed by atoms with Gasteiger partial charge in [-0.1, -0.05) is 0 Å². The third-order valence-electron chi connectivity index (χ3n) is 2.58. The minimum atomic E-state index is -0.815. The van der Waals surface area contributed by atoms with E-state index < -0.39 is 17.9 Å². The van der Waals surface area contributed by atoms with Gasteiger partial charge >= 0.3 is 11.9 Å². The quantitative estimate of drug-likeness (QED) is 0.593. The first-order valence-electron chi connectivity index (χ1n) is 7.01. The van der Waals surface area contributed by atoms with E-state index in [1.165, 1.54) is 6.92 Å². The molecule has 22 heavy (non-hydrogen) atoms. The number of benzene rings is 1. The van der Waals surface area contributed by atoms with Gasteiger partial charge in [-0.25, -0.2) is 0 Å². The molecule has 0 heterocycles. The number of hydrogen-bond donors (Lipinski definition) is 0. The van der Waals surface area contributed by atoms with E-state index in [-0.39, 0.29) is 13.2 Å². The molecule has 0 bridgehead atoms. The van der Waals surface area contributed by atoms with Crippen molar-refractivity contribution in [3.05, 3.63) is 24.3 Å². The van der Waals surface area contributed by atoms with Gasteiger partial charge in [0.2, 0.25) is 0 Å². The van der Waals surface area contributed by atoms with Crippen LogP contribution in [0.1, 0.15) is 20.8 Å². The second-order valence-corrected chi connectivity index (χ2v) is 4.11. The van der Waals surface area contributed by atoms with Crippen molar-refractivity contribution in [3.8, 4) is 11.5 Å². The first-order chi connectivity index (χ1) is 10.5. The Morgan fingerprint density at radius 2 is 1.18 bits per heavy atom. The summed E-state index contributed by atoms with van der Waals surface area (Å²) in [5.41, 5.74) is 0. The molecule has 1 aromatic carbocycles. The van der Waals surface area contributed by atoms with E-state index in [0.717, 1.165) is 11.5 Å². The maximum absolute atomic E-state index is 10.9. The fourth-order valence-electron chi connectivity index (χ4n) is 1.34. The fraction of sp³-hybridized carbons (Fsp3) is 0.500. The highest BCUT2D eigenvalue weighted by atomic mass is 16.6. The summed E-state index contributed by atoms with van der Waals surface area (Å²) in [4.78, 5) is 21.9. The van der Waals surface area contributed by atoms with Crippen LogP contribution in [-0.2, 0) is 19.1 Å². The third kappa shape index (κ3) is 7.52. The Bertz CT molecular complexity index is 399. The molecule has 6 heteroatoms. The van der Waals surface area contributed by atoms with Gasteiger partial charge in [-0.3, -0.25) is 9.59 Å². The molecule has 0 aliphatic rings. The van der Waals surface area contributed by atoms with Crippen molar-refractivity contribution in [2.24, 2.45) is 5.92 Å². The highest BCUT2D eigenvalue weighted by molar-refractivity contribution is 5.94. The number of esters is 2. The van der Waals surface area contributed by atoms with Crippen molar-refractivity contribution in [2.75, 3.05) is 27.4 Å². The second-order valence-electron chi connectivity index (χ2n) is 4.11. The van der Waals surface area contributed by atoms with Crippen LogP contribution in [0.4, 0.5) is 0 Å². The van der Waals surface area contributed by atoms with Crippen molar-refractivity contribution in [1.82, 2.24) is 0 Å². The predicted octanol–water partition coefficient (Wildman–Crippen LogP) is 2.45. The normalized spacial score (nSPS) is 9.36. The van der Waals surface area contributed by atoms with Crippen LogP contribution in [0, 0.1) is 5.92 Å². The predicted molar refractivity (Wildman–Crippen MR) is 82.0 cm³/mol. The van der Waals surface area contributed by atoms with Crippen molar-refractivity contribution in [2.45, 2.75) is 20.8 Å². The van der Waals surface area contributed by atoms with Crippen LogP contribution >= 0.6 is 0 Å². The summed E-state index contributed by atoms with van der Waals surface area (Å²) in [5, 5.41) is 0. The lowest BCUT2D eigenvalue weighted by Gasteiger charge is -2.08. The van der Waals surface area contributed by atoms with Crippen LogP contribution in [0.3, 0.4) is 0 Å². The standard InChI is InChI=1S/C8H14O4.C8H10O2/c1-4-11-7(9)6(3)8(10)12-5-2;1-9-7-3-5-8(10-2)6-4-7/h6H,4-5H2,1-3H3;3-6H,1-2H3. The average molecular weight is 312 g/mol. The SMILES string of the molecule is CCOC(=O)C(C)C(=O)OCC.COc1ccc(OC)cc1. The summed E-state index contributed by atoms with van der Waals surface area (Å²) in [7, 11) is 3.28. The molecule has 0 radical (unpaired) electrons. The molecule has 0 amide bonds. The molecule has 0 unspecified atom stereocenters. The highest BCUT2D eigenvalue weighted by Crippen LogP contribution is 2.15. The van der Waals surface area contributed by atoms with Gasteiger partial charge in [-0.05, 0) is 45.0 Å². The zero-order chi connectivity index (χ0) is 17.0. The Labute approximate surface area is 131 Å².